The minimum atomic E-state index is -0.543. The van der Waals surface area contributed by atoms with Gasteiger partial charge in [0, 0.05) is 23.0 Å². The number of carbonyl (C=O) groups is 1. The lowest BCUT2D eigenvalue weighted by Crippen LogP contribution is -2.45. The van der Waals surface area contributed by atoms with Gasteiger partial charge in [-0.05, 0) is 44.3 Å². The van der Waals surface area contributed by atoms with Crippen LogP contribution in [0.15, 0.2) is 47.7 Å². The summed E-state index contributed by atoms with van der Waals surface area (Å²) in [4.78, 5) is 13.2. The van der Waals surface area contributed by atoms with E-state index in [4.69, 9.17) is 26.4 Å². The smallest absolute Gasteiger partial charge is 0.255 e. The van der Waals surface area contributed by atoms with E-state index < -0.39 is 6.04 Å². The summed E-state index contributed by atoms with van der Waals surface area (Å²) in [6.45, 7) is 3.81. The second-order valence-electron chi connectivity index (χ2n) is 6.84. The third kappa shape index (κ3) is 4.33. The molecule has 7 nitrogen and oxygen atoms in total. The number of thiocarbonyl (C=S) groups is 1. The van der Waals surface area contributed by atoms with Crippen LogP contribution in [0.3, 0.4) is 0 Å². The lowest BCUT2D eigenvalue weighted by Gasteiger charge is -2.31. The fourth-order valence-electron chi connectivity index (χ4n) is 3.34. The number of nitrogens with one attached hydrogen (secondary N) is 3. The highest BCUT2D eigenvalue weighted by atomic mass is 32.1. The number of allylic oxidation sites excluding steroid dienone is 1. The Kier molecular flexibility index (Phi) is 6.47. The van der Waals surface area contributed by atoms with Gasteiger partial charge in [-0.25, -0.2) is 0 Å². The molecule has 0 saturated carbocycles. The second kappa shape index (κ2) is 9.04. The molecule has 1 heterocycles. The predicted octanol–water partition coefficient (Wildman–Crippen LogP) is 3.45. The van der Waals surface area contributed by atoms with Gasteiger partial charge in [0.1, 0.15) is 5.75 Å². The Balaban J connectivity index is 2.05. The van der Waals surface area contributed by atoms with Crippen LogP contribution < -0.4 is 30.2 Å². The molecule has 1 atom stereocenters. The van der Waals surface area contributed by atoms with Crippen molar-refractivity contribution in [1.82, 2.24) is 10.6 Å². The summed E-state index contributed by atoms with van der Waals surface area (Å²) in [6.07, 6.45) is 0. The van der Waals surface area contributed by atoms with Crippen LogP contribution >= 0.6 is 12.2 Å². The zero-order valence-corrected chi connectivity index (χ0v) is 18.4. The van der Waals surface area contributed by atoms with Gasteiger partial charge in [0.2, 0.25) is 0 Å². The molecular weight excluding hydrogens is 402 g/mol. The Hall–Kier alpha value is -3.26. The van der Waals surface area contributed by atoms with Crippen molar-refractivity contribution < 1.29 is 19.0 Å². The largest absolute Gasteiger partial charge is 0.496 e. The SMILES string of the molecule is COc1cc(OC)c([C@H]2NC(=S)NC(C)=C2C(=O)Nc2ccc(C)cc2)cc1OC. The third-order valence-corrected chi connectivity index (χ3v) is 5.09. The standard InChI is InChI=1S/C22H25N3O4S/c1-12-6-8-14(9-7-12)24-21(26)19-13(2)23-22(30)25-20(19)15-10-17(28-4)18(29-5)11-16(15)27-3/h6-11,20H,1-5H3,(H,24,26)(H2,23,25,30)/t20-/m1/s1. The van der Waals surface area contributed by atoms with Crippen LogP contribution in [0.2, 0.25) is 0 Å². The van der Waals surface area contributed by atoms with Gasteiger partial charge in [0.15, 0.2) is 16.6 Å². The molecule has 0 spiro atoms. The minimum Gasteiger partial charge on any atom is -0.496 e. The van der Waals surface area contributed by atoms with Gasteiger partial charge in [0.25, 0.3) is 5.91 Å². The summed E-state index contributed by atoms with van der Waals surface area (Å²) in [5, 5.41) is 9.59. The van der Waals surface area contributed by atoms with Crippen molar-refractivity contribution in [3.63, 3.8) is 0 Å². The van der Waals surface area contributed by atoms with E-state index in [9.17, 15) is 4.79 Å². The summed E-state index contributed by atoms with van der Waals surface area (Å²) < 4.78 is 16.4. The first-order valence-electron chi connectivity index (χ1n) is 9.34. The van der Waals surface area contributed by atoms with Crippen molar-refractivity contribution in [3.05, 3.63) is 58.8 Å². The lowest BCUT2D eigenvalue weighted by atomic mass is 9.93. The Bertz CT molecular complexity index is 1000. The monoisotopic (exact) mass is 427 g/mol. The van der Waals surface area contributed by atoms with Crippen molar-refractivity contribution in [2.75, 3.05) is 26.6 Å². The Morgan fingerprint density at radius 2 is 1.57 bits per heavy atom. The van der Waals surface area contributed by atoms with E-state index in [0.717, 1.165) is 5.56 Å². The van der Waals surface area contributed by atoms with Gasteiger partial charge in [-0.15, -0.1) is 0 Å². The summed E-state index contributed by atoms with van der Waals surface area (Å²) in [6, 6.07) is 10.6. The van der Waals surface area contributed by atoms with Gasteiger partial charge in [-0.2, -0.15) is 0 Å². The van der Waals surface area contributed by atoms with Crippen LogP contribution in [0.4, 0.5) is 5.69 Å². The maximum atomic E-state index is 13.2. The maximum Gasteiger partial charge on any atom is 0.255 e. The van der Waals surface area contributed by atoms with E-state index in [1.54, 1.807) is 33.5 Å². The van der Waals surface area contributed by atoms with Crippen LogP contribution in [0, 0.1) is 6.92 Å². The summed E-state index contributed by atoms with van der Waals surface area (Å²) in [7, 11) is 4.67. The molecule has 30 heavy (non-hydrogen) atoms. The van der Waals surface area contributed by atoms with E-state index in [1.807, 2.05) is 38.1 Å². The highest BCUT2D eigenvalue weighted by Crippen LogP contribution is 2.40. The van der Waals surface area contributed by atoms with Crippen LogP contribution in [-0.2, 0) is 4.79 Å². The lowest BCUT2D eigenvalue weighted by molar-refractivity contribution is -0.113. The molecule has 8 heteroatoms. The molecule has 0 aliphatic carbocycles. The molecule has 0 aromatic heterocycles. The minimum absolute atomic E-state index is 0.249. The molecule has 1 amide bonds. The number of anilines is 1. The number of hydrogen-bond acceptors (Lipinski definition) is 5. The molecule has 3 rings (SSSR count). The molecule has 1 aliphatic heterocycles. The van der Waals surface area contributed by atoms with Gasteiger partial charge < -0.3 is 30.2 Å². The zero-order valence-electron chi connectivity index (χ0n) is 17.6. The number of hydrogen-bond donors (Lipinski definition) is 3. The van der Waals surface area contributed by atoms with Crippen LogP contribution in [0.25, 0.3) is 0 Å². The second-order valence-corrected chi connectivity index (χ2v) is 7.25. The third-order valence-electron chi connectivity index (χ3n) is 4.87. The zero-order chi connectivity index (χ0) is 21.8. The fourth-order valence-corrected chi connectivity index (χ4v) is 3.61. The van der Waals surface area contributed by atoms with E-state index in [2.05, 4.69) is 16.0 Å². The maximum absolute atomic E-state index is 13.2. The predicted molar refractivity (Wildman–Crippen MR) is 120 cm³/mol. The van der Waals surface area contributed by atoms with Gasteiger partial charge in [-0.1, -0.05) is 17.7 Å². The van der Waals surface area contributed by atoms with Gasteiger partial charge in [-0.3, -0.25) is 4.79 Å². The average molecular weight is 428 g/mol. The molecule has 3 N–H and O–H groups in total. The van der Waals surface area contributed by atoms with E-state index in [0.29, 0.717) is 44.9 Å². The molecule has 2 aromatic carbocycles. The number of aryl methyl sites for hydroxylation is 1. The Morgan fingerprint density at radius 3 is 2.17 bits per heavy atom. The normalized spacial score (nSPS) is 15.8. The fraction of sp³-hybridized carbons (Fsp3) is 0.273. The van der Waals surface area contributed by atoms with E-state index >= 15 is 0 Å². The first-order chi connectivity index (χ1) is 14.4. The van der Waals surface area contributed by atoms with Crippen molar-refractivity contribution in [2.24, 2.45) is 0 Å². The van der Waals surface area contributed by atoms with Gasteiger partial charge >= 0.3 is 0 Å². The van der Waals surface area contributed by atoms with Crippen LogP contribution in [0.5, 0.6) is 17.2 Å². The molecule has 1 aliphatic rings. The molecule has 0 fully saturated rings. The molecular formula is C22H25N3O4S. The van der Waals surface area contributed by atoms with Crippen molar-refractivity contribution in [2.45, 2.75) is 19.9 Å². The summed E-state index contributed by atoms with van der Waals surface area (Å²) in [5.74, 6) is 1.35. The van der Waals surface area contributed by atoms with E-state index in [1.165, 1.54) is 0 Å². The number of benzene rings is 2. The number of amides is 1. The van der Waals surface area contributed by atoms with Crippen molar-refractivity contribution >= 4 is 28.9 Å². The highest BCUT2D eigenvalue weighted by molar-refractivity contribution is 7.80. The van der Waals surface area contributed by atoms with Crippen molar-refractivity contribution in [1.29, 1.82) is 0 Å². The summed E-state index contributed by atoms with van der Waals surface area (Å²) >= 11 is 5.35. The molecule has 0 unspecified atom stereocenters. The number of ether oxygens (including phenoxy) is 3. The van der Waals surface area contributed by atoms with Crippen LogP contribution in [0.1, 0.15) is 24.1 Å². The van der Waals surface area contributed by atoms with E-state index in [-0.39, 0.29) is 5.91 Å². The first-order valence-corrected chi connectivity index (χ1v) is 9.75. The van der Waals surface area contributed by atoms with Crippen LogP contribution in [-0.4, -0.2) is 32.3 Å². The first kappa shape index (κ1) is 21.4. The molecule has 2 aromatic rings. The topological polar surface area (TPSA) is 80.9 Å². The Labute approximate surface area is 181 Å². The van der Waals surface area contributed by atoms with Gasteiger partial charge in [0.05, 0.1) is 32.9 Å². The van der Waals surface area contributed by atoms with Crippen molar-refractivity contribution in [3.8, 4) is 17.2 Å². The molecule has 0 saturated heterocycles. The quantitative estimate of drug-likeness (QED) is 0.609. The summed E-state index contributed by atoms with van der Waals surface area (Å²) in [5.41, 5.74) is 3.67. The number of rotatable bonds is 6. The highest BCUT2D eigenvalue weighted by Gasteiger charge is 2.33. The molecule has 0 radical (unpaired) electrons. The number of carbonyl (C=O) groups excluding carboxylic acids is 1. The average Bonchev–Trinajstić information content (AvgIpc) is 2.73. The molecule has 158 valence electrons. The number of methoxy groups -OCH3 is 3. The molecule has 0 bridgehead atoms. The Morgan fingerprint density at radius 1 is 0.967 bits per heavy atom.